The number of halogens is 1. The monoisotopic (exact) mass is 535 g/mol. The summed E-state index contributed by atoms with van der Waals surface area (Å²) in [6, 6.07) is 8.03. The number of benzene rings is 1. The van der Waals surface area contributed by atoms with Crippen molar-refractivity contribution >= 4 is 41.5 Å². The maximum atomic E-state index is 12.7. The van der Waals surface area contributed by atoms with E-state index in [1.165, 1.54) is 6.33 Å². The Labute approximate surface area is 197 Å². The Balaban J connectivity index is 0.00000272. The van der Waals surface area contributed by atoms with Crippen LogP contribution in [0.5, 0.6) is 0 Å². The number of hydrogen-bond acceptors (Lipinski definition) is 5. The van der Waals surface area contributed by atoms with Crippen molar-refractivity contribution in [3.63, 3.8) is 0 Å². The van der Waals surface area contributed by atoms with Gasteiger partial charge in [-0.3, -0.25) is 14.6 Å². The number of amides is 1. The molecule has 3 heterocycles. The molecule has 2 N–H and O–H groups in total. The van der Waals surface area contributed by atoms with Gasteiger partial charge in [0.2, 0.25) is 5.91 Å². The zero-order chi connectivity index (χ0) is 20.9. The second kappa shape index (κ2) is 10.4. The van der Waals surface area contributed by atoms with Crippen LogP contribution in [0.2, 0.25) is 0 Å². The topological polar surface area (TPSA) is 107 Å². The molecule has 4 rings (SSSR count). The van der Waals surface area contributed by atoms with Crippen molar-refractivity contribution in [1.29, 1.82) is 0 Å². The number of carbonyl (C=O) groups is 1. The second-order valence-corrected chi connectivity index (χ2v) is 7.04. The van der Waals surface area contributed by atoms with E-state index >= 15 is 0 Å². The van der Waals surface area contributed by atoms with Crippen molar-refractivity contribution in [1.82, 2.24) is 35.2 Å². The molecule has 0 bridgehead atoms. The highest BCUT2D eigenvalue weighted by Gasteiger charge is 2.27. The molecule has 0 aliphatic carbocycles. The number of aromatic nitrogens is 5. The molecule has 1 aromatic carbocycles. The molecule has 11 heteroatoms. The number of aromatic amines is 1. The molecule has 0 atom stereocenters. The number of aliphatic imine (C=N–C) groups is 1. The van der Waals surface area contributed by atoms with Crippen molar-refractivity contribution in [3.05, 3.63) is 48.5 Å². The summed E-state index contributed by atoms with van der Waals surface area (Å²) in [5.41, 5.74) is 2.85. The van der Waals surface area contributed by atoms with E-state index in [9.17, 15) is 4.79 Å². The highest BCUT2D eigenvalue weighted by Crippen LogP contribution is 2.18. The summed E-state index contributed by atoms with van der Waals surface area (Å²) in [5, 5.41) is 14.2. The van der Waals surface area contributed by atoms with Crippen molar-refractivity contribution in [2.24, 2.45) is 12.0 Å². The lowest BCUT2D eigenvalue weighted by Crippen LogP contribution is -2.55. The van der Waals surface area contributed by atoms with Gasteiger partial charge in [-0.2, -0.15) is 10.2 Å². The van der Waals surface area contributed by atoms with E-state index in [0.717, 1.165) is 35.1 Å². The van der Waals surface area contributed by atoms with Gasteiger partial charge in [-0.25, -0.2) is 9.98 Å². The molecule has 1 aliphatic heterocycles. The van der Waals surface area contributed by atoms with E-state index in [2.05, 4.69) is 25.6 Å². The maximum absolute atomic E-state index is 12.7. The summed E-state index contributed by atoms with van der Waals surface area (Å²) < 4.78 is 1.70. The van der Waals surface area contributed by atoms with E-state index in [4.69, 9.17) is 4.99 Å². The number of H-pyrrole nitrogens is 1. The van der Waals surface area contributed by atoms with Gasteiger partial charge < -0.3 is 15.1 Å². The van der Waals surface area contributed by atoms with Gasteiger partial charge in [0.15, 0.2) is 11.8 Å². The van der Waals surface area contributed by atoms with Gasteiger partial charge >= 0.3 is 0 Å². The Hall–Kier alpha value is -2.96. The van der Waals surface area contributed by atoms with Crippen LogP contribution in [-0.4, -0.2) is 67.9 Å². The first-order chi connectivity index (χ1) is 14.6. The largest absolute Gasteiger partial charge is 0.356 e. The molecule has 0 spiro atoms. The number of rotatable bonds is 5. The van der Waals surface area contributed by atoms with Gasteiger partial charge in [-0.1, -0.05) is 18.2 Å². The number of carbonyl (C=O) groups excluding carboxylic acids is 1. The summed E-state index contributed by atoms with van der Waals surface area (Å²) in [4.78, 5) is 25.5. The van der Waals surface area contributed by atoms with Crippen LogP contribution in [0.3, 0.4) is 0 Å². The fourth-order valence-corrected chi connectivity index (χ4v) is 3.43. The first-order valence-corrected chi connectivity index (χ1v) is 9.91. The van der Waals surface area contributed by atoms with Crippen LogP contribution in [0.1, 0.15) is 12.5 Å². The average molecular weight is 535 g/mol. The van der Waals surface area contributed by atoms with E-state index < -0.39 is 0 Å². The molecule has 164 valence electrons. The minimum atomic E-state index is 0. The Morgan fingerprint density at radius 1 is 1.32 bits per heavy atom. The zero-order valence-electron chi connectivity index (χ0n) is 17.5. The summed E-state index contributed by atoms with van der Waals surface area (Å²) in [6.45, 7) is 4.82. The third kappa shape index (κ3) is 5.40. The fraction of sp³-hybridized carbons (Fsp3) is 0.350. The van der Waals surface area contributed by atoms with Gasteiger partial charge in [0.25, 0.3) is 0 Å². The number of anilines is 1. The normalized spacial score (nSPS) is 14.5. The van der Waals surface area contributed by atoms with Crippen LogP contribution >= 0.6 is 24.0 Å². The molecule has 0 unspecified atom stereocenters. The van der Waals surface area contributed by atoms with Crippen LogP contribution in [0.4, 0.5) is 5.69 Å². The van der Waals surface area contributed by atoms with E-state index in [-0.39, 0.29) is 36.4 Å². The van der Waals surface area contributed by atoms with Crippen molar-refractivity contribution in [2.45, 2.75) is 13.5 Å². The highest BCUT2D eigenvalue weighted by atomic mass is 127. The second-order valence-electron chi connectivity index (χ2n) is 7.04. The molecule has 31 heavy (non-hydrogen) atoms. The Bertz CT molecular complexity index is 1030. The van der Waals surface area contributed by atoms with Gasteiger partial charge in [0.05, 0.1) is 18.4 Å². The highest BCUT2D eigenvalue weighted by molar-refractivity contribution is 14.0. The van der Waals surface area contributed by atoms with Crippen LogP contribution in [0.15, 0.2) is 48.0 Å². The quantitative estimate of drug-likeness (QED) is 0.292. The zero-order valence-corrected chi connectivity index (χ0v) is 19.9. The molecule has 1 aliphatic rings. The first kappa shape index (κ1) is 22.7. The fourth-order valence-electron chi connectivity index (χ4n) is 3.43. The third-order valence-electron chi connectivity index (χ3n) is 4.88. The first-order valence-electron chi connectivity index (χ1n) is 9.91. The summed E-state index contributed by atoms with van der Waals surface area (Å²) >= 11 is 0. The lowest BCUT2D eigenvalue weighted by Gasteiger charge is -2.35. The standard InChI is InChI=1S/C20H25N9O.HI/c1-3-21-20(22-10-15-5-4-6-16(9-15)19-23-14-24-26-19)28-7-8-29(18(30)13-28)17-11-25-27(2)12-17;/h4-6,9,11-12,14H,3,7-8,10,13H2,1-2H3,(H,21,22)(H,23,24,26);1H. The number of aryl methyl sites for hydroxylation is 1. The number of piperazine rings is 1. The summed E-state index contributed by atoms with van der Waals surface area (Å²) in [7, 11) is 1.84. The molecule has 0 radical (unpaired) electrons. The lowest BCUT2D eigenvalue weighted by molar-refractivity contribution is -0.120. The van der Waals surface area contributed by atoms with Crippen molar-refractivity contribution in [3.8, 4) is 11.4 Å². The maximum Gasteiger partial charge on any atom is 0.246 e. The Morgan fingerprint density at radius 3 is 2.87 bits per heavy atom. The number of hydrogen-bond donors (Lipinski definition) is 2. The van der Waals surface area contributed by atoms with Gasteiger partial charge in [-0.05, 0) is 18.6 Å². The smallest absolute Gasteiger partial charge is 0.246 e. The lowest BCUT2D eigenvalue weighted by atomic mass is 10.1. The number of guanidine groups is 1. The molecule has 1 amide bonds. The van der Waals surface area contributed by atoms with Gasteiger partial charge in [-0.15, -0.1) is 24.0 Å². The molecular formula is C20H26IN9O. The number of nitrogens with zero attached hydrogens (tertiary/aromatic N) is 7. The Kier molecular flexibility index (Phi) is 7.60. The molecule has 0 saturated carbocycles. The van der Waals surface area contributed by atoms with Crippen LogP contribution in [0.25, 0.3) is 11.4 Å². The molecular weight excluding hydrogens is 509 g/mol. The third-order valence-corrected chi connectivity index (χ3v) is 4.88. The van der Waals surface area contributed by atoms with E-state index in [0.29, 0.717) is 19.6 Å². The minimum absolute atomic E-state index is 0. The van der Waals surface area contributed by atoms with E-state index in [1.807, 2.05) is 49.3 Å². The summed E-state index contributed by atoms with van der Waals surface area (Å²) in [6.07, 6.45) is 5.06. The predicted octanol–water partition coefficient (Wildman–Crippen LogP) is 1.64. The molecule has 1 fully saturated rings. The molecule has 10 nitrogen and oxygen atoms in total. The summed E-state index contributed by atoms with van der Waals surface area (Å²) in [5.74, 6) is 1.50. The molecule has 1 saturated heterocycles. The Morgan fingerprint density at radius 2 is 2.19 bits per heavy atom. The van der Waals surface area contributed by atoms with Gasteiger partial charge in [0.1, 0.15) is 12.9 Å². The molecule has 2 aromatic heterocycles. The number of nitrogens with one attached hydrogen (secondary N) is 2. The molecule has 3 aromatic rings. The van der Waals surface area contributed by atoms with E-state index in [1.54, 1.807) is 15.8 Å². The van der Waals surface area contributed by atoms with Crippen LogP contribution in [-0.2, 0) is 18.4 Å². The van der Waals surface area contributed by atoms with Gasteiger partial charge in [0, 0.05) is 38.4 Å². The minimum Gasteiger partial charge on any atom is -0.356 e. The van der Waals surface area contributed by atoms with Crippen molar-refractivity contribution < 1.29 is 4.79 Å². The van der Waals surface area contributed by atoms with Crippen LogP contribution < -0.4 is 10.2 Å². The SMILES string of the molecule is CCNC(=NCc1cccc(-c2ncn[nH]2)c1)N1CCN(c2cnn(C)c2)C(=O)C1.I. The van der Waals surface area contributed by atoms with Crippen molar-refractivity contribution in [2.75, 3.05) is 31.1 Å². The average Bonchev–Trinajstić information content (AvgIpc) is 3.43. The van der Waals surface area contributed by atoms with Crippen LogP contribution in [0, 0.1) is 0 Å². The predicted molar refractivity (Wildman–Crippen MR) is 129 cm³/mol.